The van der Waals surface area contributed by atoms with E-state index < -0.39 is 32.4 Å². The van der Waals surface area contributed by atoms with Gasteiger partial charge in [-0.3, -0.25) is 14.3 Å². The minimum Gasteiger partial charge on any atom is -0.768 e. The van der Waals surface area contributed by atoms with Crippen LogP contribution in [0.5, 0.6) is 0 Å². The summed E-state index contributed by atoms with van der Waals surface area (Å²) >= 11 is -2.94. The molecule has 0 aliphatic heterocycles. The zero-order valence-corrected chi connectivity index (χ0v) is 9.91. The van der Waals surface area contributed by atoms with Gasteiger partial charge in [0.05, 0.1) is 4.92 Å². The van der Waals surface area contributed by atoms with Gasteiger partial charge in [-0.2, -0.15) is 0 Å². The van der Waals surface area contributed by atoms with Gasteiger partial charge >= 0.3 is 29.6 Å². The molecule has 0 saturated carbocycles. The van der Waals surface area contributed by atoms with Gasteiger partial charge in [-0.25, -0.2) is 4.39 Å². The average Bonchev–Trinajstić information content (AvgIpc) is 2.02. The van der Waals surface area contributed by atoms with Crippen LogP contribution < -0.4 is 29.6 Å². The third kappa shape index (κ3) is 2.82. The summed E-state index contributed by atoms with van der Waals surface area (Å²) in [6, 6.07) is 2.84. The van der Waals surface area contributed by atoms with E-state index in [4.69, 9.17) is 0 Å². The molecule has 1 unspecified atom stereocenters. The number of nitro benzene ring substituents is 1. The van der Waals surface area contributed by atoms with Gasteiger partial charge in [0.2, 0.25) is 0 Å². The number of rotatable bonds is 2. The fourth-order valence-electron chi connectivity index (χ4n) is 0.806. The van der Waals surface area contributed by atoms with Crippen LogP contribution in [0.3, 0.4) is 0 Å². The van der Waals surface area contributed by atoms with Crippen molar-refractivity contribution in [3.8, 4) is 0 Å². The maximum absolute atomic E-state index is 12.8. The second-order valence-corrected chi connectivity index (χ2v) is 2.96. The summed E-state index contributed by atoms with van der Waals surface area (Å²) in [4.78, 5) is 8.38. The van der Waals surface area contributed by atoms with Crippen molar-refractivity contribution in [3.63, 3.8) is 0 Å². The molecule has 0 bridgehead atoms. The molecule has 0 aliphatic carbocycles. The van der Waals surface area contributed by atoms with Crippen molar-refractivity contribution in [2.45, 2.75) is 4.90 Å². The maximum Gasteiger partial charge on any atom is 1.00 e. The Morgan fingerprint density at radius 3 is 2.36 bits per heavy atom. The Hall–Kier alpha value is -0.340. The standard InChI is InChI=1S/C6H4FNO4S.Na/c7-4-2-1-3-5(8(9)10)6(4)13(11)12;/h1-3H,(H,11,12);/q;+1/p-1. The van der Waals surface area contributed by atoms with E-state index in [9.17, 15) is 23.3 Å². The van der Waals surface area contributed by atoms with Crippen LogP contribution in [0.4, 0.5) is 10.1 Å². The molecule has 5 nitrogen and oxygen atoms in total. The number of benzene rings is 1. The molecular weight excluding hydrogens is 224 g/mol. The molecule has 14 heavy (non-hydrogen) atoms. The number of hydrogen-bond acceptors (Lipinski definition) is 4. The largest absolute Gasteiger partial charge is 1.00 e. The Morgan fingerprint density at radius 2 is 2.00 bits per heavy atom. The molecule has 1 aromatic rings. The predicted molar refractivity (Wildman–Crippen MR) is 40.2 cm³/mol. The van der Waals surface area contributed by atoms with Gasteiger partial charge in [-0.15, -0.1) is 0 Å². The Kier molecular flexibility index (Phi) is 5.38. The minimum absolute atomic E-state index is 0. The first-order valence-corrected chi connectivity index (χ1v) is 4.13. The summed E-state index contributed by atoms with van der Waals surface area (Å²) in [7, 11) is 0. The second-order valence-electron chi connectivity index (χ2n) is 2.08. The van der Waals surface area contributed by atoms with Gasteiger partial charge in [0.1, 0.15) is 10.7 Å². The van der Waals surface area contributed by atoms with Gasteiger partial charge < -0.3 is 4.55 Å². The van der Waals surface area contributed by atoms with Gasteiger partial charge in [0, 0.05) is 6.07 Å². The van der Waals surface area contributed by atoms with Crippen LogP contribution >= 0.6 is 0 Å². The Bertz CT molecular complexity index is 386. The predicted octanol–water partition coefficient (Wildman–Crippen LogP) is -2.02. The van der Waals surface area contributed by atoms with E-state index in [2.05, 4.69) is 0 Å². The number of nitro groups is 1. The molecule has 1 aromatic carbocycles. The molecule has 8 heteroatoms. The van der Waals surface area contributed by atoms with Crippen molar-refractivity contribution >= 4 is 16.8 Å². The smallest absolute Gasteiger partial charge is 0.768 e. The van der Waals surface area contributed by atoms with Crippen LogP contribution in [0.2, 0.25) is 0 Å². The average molecular weight is 227 g/mol. The zero-order chi connectivity index (χ0) is 10.0. The van der Waals surface area contributed by atoms with E-state index in [1.165, 1.54) is 0 Å². The molecule has 0 spiro atoms. The minimum atomic E-state index is -2.94. The first kappa shape index (κ1) is 13.7. The van der Waals surface area contributed by atoms with Crippen LogP contribution in [0.25, 0.3) is 0 Å². The summed E-state index contributed by atoms with van der Waals surface area (Å²) in [5.41, 5.74) is -0.756. The van der Waals surface area contributed by atoms with E-state index >= 15 is 0 Å². The van der Waals surface area contributed by atoms with E-state index in [0.717, 1.165) is 18.2 Å². The fourth-order valence-corrected chi connectivity index (χ4v) is 1.35. The van der Waals surface area contributed by atoms with Crippen LogP contribution in [-0.4, -0.2) is 13.7 Å². The quantitative estimate of drug-likeness (QED) is 0.252. The van der Waals surface area contributed by atoms with Gasteiger partial charge in [0.15, 0.2) is 0 Å². The summed E-state index contributed by atoms with van der Waals surface area (Å²) in [6.45, 7) is 0. The molecule has 0 radical (unpaired) electrons. The van der Waals surface area contributed by atoms with Crippen molar-refractivity contribution in [1.29, 1.82) is 0 Å². The molecule has 0 aromatic heterocycles. The molecule has 0 heterocycles. The van der Waals surface area contributed by atoms with Crippen molar-refractivity contribution in [3.05, 3.63) is 34.1 Å². The molecule has 0 fully saturated rings. The van der Waals surface area contributed by atoms with Crippen LogP contribution in [0.1, 0.15) is 0 Å². The van der Waals surface area contributed by atoms with E-state index in [0.29, 0.717) is 0 Å². The second kappa shape index (κ2) is 5.52. The first-order valence-electron chi connectivity index (χ1n) is 3.06. The summed E-state index contributed by atoms with van der Waals surface area (Å²) in [5, 5.41) is 10.2. The van der Waals surface area contributed by atoms with Crippen molar-refractivity contribution in [1.82, 2.24) is 0 Å². The molecule has 1 rings (SSSR count). The number of halogens is 1. The third-order valence-corrected chi connectivity index (χ3v) is 2.05. The van der Waals surface area contributed by atoms with E-state index in [1.54, 1.807) is 0 Å². The third-order valence-electron chi connectivity index (χ3n) is 1.31. The first-order chi connectivity index (χ1) is 6.04. The van der Waals surface area contributed by atoms with Crippen molar-refractivity contribution < 1.29 is 47.6 Å². The fraction of sp³-hybridized carbons (Fsp3) is 0. The number of nitrogens with zero attached hydrogens (tertiary/aromatic N) is 1. The molecule has 0 amide bonds. The molecule has 70 valence electrons. The van der Waals surface area contributed by atoms with Gasteiger partial charge in [-0.05, 0) is 17.1 Å². The number of hydrogen-bond donors (Lipinski definition) is 0. The molecule has 1 atom stereocenters. The Balaban J connectivity index is 0.00000169. The summed E-state index contributed by atoms with van der Waals surface area (Å²) < 4.78 is 33.6. The molecule has 0 saturated heterocycles. The molecular formula is C6H3FNNaO4S. The molecule has 0 N–H and O–H groups in total. The Labute approximate surface area is 103 Å². The molecule has 0 aliphatic rings. The van der Waals surface area contributed by atoms with Gasteiger partial charge in [-0.1, -0.05) is 6.07 Å². The van der Waals surface area contributed by atoms with Crippen LogP contribution in [0, 0.1) is 15.9 Å². The monoisotopic (exact) mass is 227 g/mol. The van der Waals surface area contributed by atoms with E-state index in [-0.39, 0.29) is 29.6 Å². The summed E-state index contributed by atoms with van der Waals surface area (Å²) in [5.74, 6) is -1.12. The van der Waals surface area contributed by atoms with Crippen molar-refractivity contribution in [2.75, 3.05) is 0 Å². The van der Waals surface area contributed by atoms with Crippen LogP contribution in [-0.2, 0) is 11.1 Å². The van der Waals surface area contributed by atoms with Gasteiger partial charge in [0.25, 0.3) is 5.69 Å². The van der Waals surface area contributed by atoms with E-state index in [1.807, 2.05) is 0 Å². The van der Waals surface area contributed by atoms with Crippen LogP contribution in [0.15, 0.2) is 23.1 Å². The topological polar surface area (TPSA) is 83.3 Å². The Morgan fingerprint density at radius 1 is 1.43 bits per heavy atom. The summed E-state index contributed by atoms with van der Waals surface area (Å²) in [6.07, 6.45) is 0. The maximum atomic E-state index is 12.8. The zero-order valence-electron chi connectivity index (χ0n) is 7.10. The normalized spacial score (nSPS) is 11.6. The SMILES string of the molecule is O=[N+]([O-])c1cccc(F)c1S(=O)[O-].[Na+]. The van der Waals surface area contributed by atoms with Crippen molar-refractivity contribution in [2.24, 2.45) is 0 Å².